The number of hydrogen-bond donors (Lipinski definition) is 3. The minimum absolute atomic E-state index is 0.109. The number of nitrogens with two attached hydrogens (primary N) is 1. The molecule has 1 amide bonds. The minimum Gasteiger partial charge on any atom is -0.346 e. The molecule has 1 saturated heterocycles. The highest BCUT2D eigenvalue weighted by Crippen LogP contribution is 2.37. The van der Waals surface area contributed by atoms with E-state index in [1.54, 1.807) is 23.2 Å². The molecule has 0 unspecified atom stereocenters. The summed E-state index contributed by atoms with van der Waals surface area (Å²) >= 11 is 6.00. The molecule has 1 fully saturated rings. The summed E-state index contributed by atoms with van der Waals surface area (Å²) in [5, 5.41) is 4.53. The molecule has 9 heteroatoms. The largest absolute Gasteiger partial charge is 0.346 e. The normalized spacial score (nSPS) is 16.4. The van der Waals surface area contributed by atoms with Gasteiger partial charge in [0.05, 0.1) is 15.8 Å². The average molecular weight is 386 g/mol. The van der Waals surface area contributed by atoms with E-state index >= 15 is 0 Å². The van der Waals surface area contributed by atoms with E-state index in [0.29, 0.717) is 35.1 Å². The Morgan fingerprint density at radius 2 is 2.04 bits per heavy atom. The molecule has 0 bridgehead atoms. The molecule has 0 atom stereocenters. The summed E-state index contributed by atoms with van der Waals surface area (Å²) in [6.45, 7) is 1.75. The van der Waals surface area contributed by atoms with Gasteiger partial charge in [-0.3, -0.25) is 4.79 Å². The van der Waals surface area contributed by atoms with E-state index in [1.165, 1.54) is 12.5 Å². The van der Waals surface area contributed by atoms with Crippen LogP contribution in [0.3, 0.4) is 0 Å². The van der Waals surface area contributed by atoms with Crippen molar-refractivity contribution < 1.29 is 4.79 Å². The maximum absolute atomic E-state index is 13.8. The average Bonchev–Trinajstić information content (AvgIpc) is 3.19. The van der Waals surface area contributed by atoms with Gasteiger partial charge < -0.3 is 16.0 Å². The number of fused-ring (bicyclic) bond motifs is 1. The summed E-state index contributed by atoms with van der Waals surface area (Å²) in [5.74, 6) is 0.826. The topological polar surface area (TPSA) is 113 Å². The molecule has 3 aromatic rings. The lowest BCUT2D eigenvalue weighted by Crippen LogP contribution is -2.52. The molecule has 1 aliphatic rings. The van der Waals surface area contributed by atoms with Crippen LogP contribution in [0.25, 0.3) is 11.0 Å². The number of piperidine rings is 1. The summed E-state index contributed by atoms with van der Waals surface area (Å²) in [6, 6.07) is 5.27. The van der Waals surface area contributed by atoms with Crippen molar-refractivity contribution in [3.63, 3.8) is 0 Å². The number of nitrogens with zero attached hydrogens (tertiary/aromatic N) is 4. The van der Waals surface area contributed by atoms with Crippen LogP contribution < -0.4 is 16.0 Å². The fraction of sp³-hybridized carbons (Fsp3) is 0.333. The number of carbonyl (C=O) groups is 1. The predicted octanol–water partition coefficient (Wildman–Crippen LogP) is 2.00. The Morgan fingerprint density at radius 3 is 2.74 bits per heavy atom. The molecule has 0 saturated carbocycles. The van der Waals surface area contributed by atoms with Gasteiger partial charge in [0.1, 0.15) is 17.8 Å². The maximum Gasteiger partial charge on any atom is 0.241 e. The quantitative estimate of drug-likeness (QED) is 0.633. The molecule has 3 aromatic heterocycles. The van der Waals surface area contributed by atoms with Crippen molar-refractivity contribution in [2.45, 2.75) is 12.8 Å². The van der Waals surface area contributed by atoms with Gasteiger partial charge in [0.25, 0.3) is 0 Å². The summed E-state index contributed by atoms with van der Waals surface area (Å²) in [7, 11) is 0. The number of H-pyrrole nitrogens is 1. The van der Waals surface area contributed by atoms with Gasteiger partial charge in [0, 0.05) is 18.9 Å². The van der Waals surface area contributed by atoms with Crippen LogP contribution in [-0.4, -0.2) is 45.5 Å². The van der Waals surface area contributed by atoms with Crippen LogP contribution in [0.15, 0.2) is 36.9 Å². The van der Waals surface area contributed by atoms with Crippen molar-refractivity contribution in [2.24, 2.45) is 11.1 Å². The highest BCUT2D eigenvalue weighted by atomic mass is 35.5. The summed E-state index contributed by atoms with van der Waals surface area (Å²) in [5.41, 5.74) is 6.08. The van der Waals surface area contributed by atoms with Gasteiger partial charge in [-0.05, 0) is 44.1 Å². The number of aromatic nitrogens is 4. The van der Waals surface area contributed by atoms with Gasteiger partial charge in [0.2, 0.25) is 5.91 Å². The van der Waals surface area contributed by atoms with E-state index < -0.39 is 5.41 Å². The van der Waals surface area contributed by atoms with Crippen LogP contribution >= 0.6 is 11.6 Å². The van der Waals surface area contributed by atoms with E-state index in [4.69, 9.17) is 17.3 Å². The molecule has 0 aromatic carbocycles. The fourth-order valence-electron chi connectivity index (χ4n) is 3.49. The monoisotopic (exact) mass is 385 g/mol. The number of amides is 1. The molecule has 1 aliphatic heterocycles. The molecule has 4 rings (SSSR count). The number of rotatable bonds is 4. The first kappa shape index (κ1) is 17.8. The molecule has 4 N–H and O–H groups in total. The van der Waals surface area contributed by atoms with Crippen LogP contribution in [0.1, 0.15) is 12.8 Å². The minimum atomic E-state index is -0.667. The van der Waals surface area contributed by atoms with Gasteiger partial charge in [-0.25, -0.2) is 19.9 Å². The molecule has 27 heavy (non-hydrogen) atoms. The number of anilines is 2. The van der Waals surface area contributed by atoms with Crippen LogP contribution in [0.4, 0.5) is 11.6 Å². The van der Waals surface area contributed by atoms with Gasteiger partial charge >= 0.3 is 0 Å². The first-order valence-corrected chi connectivity index (χ1v) is 9.17. The van der Waals surface area contributed by atoms with Crippen molar-refractivity contribution in [1.29, 1.82) is 0 Å². The summed E-state index contributed by atoms with van der Waals surface area (Å²) in [4.78, 5) is 31.4. The number of aromatic amines is 1. The summed E-state index contributed by atoms with van der Waals surface area (Å²) in [6.07, 6.45) is 6.04. The van der Waals surface area contributed by atoms with E-state index in [1.807, 2.05) is 6.07 Å². The molecule has 0 radical (unpaired) electrons. The lowest BCUT2D eigenvalue weighted by molar-refractivity contribution is -0.128. The van der Waals surface area contributed by atoms with Gasteiger partial charge in [-0.15, -0.1) is 0 Å². The van der Waals surface area contributed by atoms with E-state index in [2.05, 4.69) is 25.3 Å². The van der Waals surface area contributed by atoms with Gasteiger partial charge in [0.15, 0.2) is 5.82 Å². The Hall–Kier alpha value is -2.55. The molecule has 0 spiro atoms. The van der Waals surface area contributed by atoms with Crippen molar-refractivity contribution in [3.8, 4) is 0 Å². The van der Waals surface area contributed by atoms with Crippen molar-refractivity contribution in [1.82, 2.24) is 25.3 Å². The van der Waals surface area contributed by atoms with Crippen molar-refractivity contribution >= 4 is 40.2 Å². The zero-order valence-electron chi connectivity index (χ0n) is 14.7. The first-order chi connectivity index (χ1) is 13.1. The second kappa shape index (κ2) is 7.22. The van der Waals surface area contributed by atoms with E-state index in [9.17, 15) is 4.79 Å². The Morgan fingerprint density at radius 1 is 1.22 bits per heavy atom. The standard InChI is InChI=1S/C18H20ClN7O/c19-12-1-2-14(23-9-12)26(16-13-3-6-22-15(13)24-11-25-16)17(27)18(10-20)4-7-21-8-5-18/h1-3,6,9,11,21H,4-5,7-8,10,20H2,(H,22,24,25). The number of carbonyl (C=O) groups excluding carboxylic acids is 1. The van der Waals surface area contributed by atoms with Crippen LogP contribution in [0.5, 0.6) is 0 Å². The lowest BCUT2D eigenvalue weighted by Gasteiger charge is -2.38. The van der Waals surface area contributed by atoms with Crippen molar-refractivity contribution in [2.75, 3.05) is 24.5 Å². The Bertz CT molecular complexity index is 950. The van der Waals surface area contributed by atoms with Gasteiger partial charge in [-0.2, -0.15) is 0 Å². The first-order valence-electron chi connectivity index (χ1n) is 8.80. The Kier molecular flexibility index (Phi) is 4.77. The third-order valence-corrected chi connectivity index (χ3v) is 5.32. The highest BCUT2D eigenvalue weighted by molar-refractivity contribution is 6.30. The molecular formula is C18H20ClN7O. The highest BCUT2D eigenvalue weighted by Gasteiger charge is 2.43. The third-order valence-electron chi connectivity index (χ3n) is 5.09. The zero-order chi connectivity index (χ0) is 18.9. The number of pyridine rings is 1. The second-order valence-corrected chi connectivity index (χ2v) is 7.08. The fourth-order valence-corrected chi connectivity index (χ4v) is 3.61. The molecule has 4 heterocycles. The van der Waals surface area contributed by atoms with Crippen LogP contribution in [0, 0.1) is 5.41 Å². The smallest absolute Gasteiger partial charge is 0.241 e. The predicted molar refractivity (Wildman–Crippen MR) is 104 cm³/mol. The molecular weight excluding hydrogens is 366 g/mol. The van der Waals surface area contributed by atoms with Crippen molar-refractivity contribution in [3.05, 3.63) is 41.9 Å². The van der Waals surface area contributed by atoms with Gasteiger partial charge in [-0.1, -0.05) is 11.6 Å². The lowest BCUT2D eigenvalue weighted by atomic mass is 9.77. The molecule has 0 aliphatic carbocycles. The molecule has 140 valence electrons. The van der Waals surface area contributed by atoms with Crippen LogP contribution in [0.2, 0.25) is 5.02 Å². The SMILES string of the molecule is NCC1(C(=O)N(c2ccc(Cl)cn2)c2ncnc3[nH]ccc23)CCNCC1. The summed E-state index contributed by atoms with van der Waals surface area (Å²) < 4.78 is 0. The second-order valence-electron chi connectivity index (χ2n) is 6.65. The van der Waals surface area contributed by atoms with E-state index in [-0.39, 0.29) is 12.5 Å². The Balaban J connectivity index is 1.87. The van der Waals surface area contributed by atoms with E-state index in [0.717, 1.165) is 18.5 Å². The molecule has 8 nitrogen and oxygen atoms in total. The Labute approximate surface area is 161 Å². The third kappa shape index (κ3) is 3.16. The number of halogens is 1. The van der Waals surface area contributed by atoms with Crippen LogP contribution in [-0.2, 0) is 4.79 Å². The zero-order valence-corrected chi connectivity index (χ0v) is 15.4. The number of hydrogen-bond acceptors (Lipinski definition) is 6. The maximum atomic E-state index is 13.8. The number of nitrogens with one attached hydrogen (secondary N) is 2.